The van der Waals surface area contributed by atoms with Gasteiger partial charge in [0, 0.05) is 46.2 Å². The monoisotopic (exact) mass is 375 g/mol. The van der Waals surface area contributed by atoms with E-state index in [0.717, 1.165) is 64.5 Å². The molecule has 1 spiro atoms. The smallest absolute Gasteiger partial charge is 0.274 e. The first-order valence-corrected chi connectivity index (χ1v) is 10.7. The Morgan fingerprint density at radius 2 is 2.07 bits per heavy atom. The van der Waals surface area contributed by atoms with E-state index in [1.54, 1.807) is 10.7 Å². The summed E-state index contributed by atoms with van der Waals surface area (Å²) in [6, 6.07) is 1.79. The normalized spacial score (nSPS) is 25.5. The van der Waals surface area contributed by atoms with Gasteiger partial charge < -0.3 is 14.4 Å². The van der Waals surface area contributed by atoms with Crippen LogP contribution in [0.25, 0.3) is 0 Å². The van der Waals surface area contributed by atoms with Crippen LogP contribution in [0.3, 0.4) is 0 Å². The van der Waals surface area contributed by atoms with Crippen LogP contribution in [0, 0.1) is 11.8 Å². The summed E-state index contributed by atoms with van der Waals surface area (Å²) in [5.41, 5.74) is 0.495. The number of likely N-dealkylation sites (tertiary alicyclic amines) is 1. The summed E-state index contributed by atoms with van der Waals surface area (Å²) >= 11 is 0. The van der Waals surface area contributed by atoms with E-state index in [4.69, 9.17) is 9.47 Å². The van der Waals surface area contributed by atoms with Crippen LogP contribution < -0.4 is 0 Å². The van der Waals surface area contributed by atoms with E-state index in [9.17, 15) is 4.79 Å². The lowest BCUT2D eigenvalue weighted by Gasteiger charge is -2.42. The van der Waals surface area contributed by atoms with Gasteiger partial charge in [-0.1, -0.05) is 12.8 Å². The molecule has 0 unspecified atom stereocenters. The van der Waals surface area contributed by atoms with Crippen LogP contribution in [-0.4, -0.2) is 59.1 Å². The fourth-order valence-corrected chi connectivity index (χ4v) is 5.18. The number of aromatic nitrogens is 2. The highest BCUT2D eigenvalue weighted by atomic mass is 16.5. The maximum absolute atomic E-state index is 12.6. The van der Waals surface area contributed by atoms with Crippen molar-refractivity contribution in [3.63, 3.8) is 0 Å². The Morgan fingerprint density at radius 1 is 1.30 bits per heavy atom. The summed E-state index contributed by atoms with van der Waals surface area (Å²) in [7, 11) is 1.84. The topological polar surface area (TPSA) is 56.6 Å². The maximum atomic E-state index is 12.6. The van der Waals surface area contributed by atoms with Gasteiger partial charge in [0.15, 0.2) is 0 Å². The molecule has 2 aliphatic heterocycles. The highest BCUT2D eigenvalue weighted by Crippen LogP contribution is 2.42. The fourth-order valence-electron chi connectivity index (χ4n) is 5.18. The lowest BCUT2D eigenvalue weighted by molar-refractivity contribution is -0.0677. The van der Waals surface area contributed by atoms with Gasteiger partial charge in [0.25, 0.3) is 5.91 Å². The number of carbonyl (C=O) groups is 1. The van der Waals surface area contributed by atoms with Crippen LogP contribution in [0.1, 0.15) is 61.9 Å². The molecule has 1 atom stereocenters. The third kappa shape index (κ3) is 4.21. The molecule has 3 aliphatic rings. The molecule has 3 heterocycles. The highest BCUT2D eigenvalue weighted by Gasteiger charge is 2.46. The molecule has 0 N–H and O–H groups in total. The van der Waals surface area contributed by atoms with Crippen molar-refractivity contribution in [2.75, 3.05) is 32.9 Å². The van der Waals surface area contributed by atoms with Gasteiger partial charge in [0.05, 0.1) is 5.60 Å². The molecule has 150 valence electrons. The fraction of sp³-hybridized carbons (Fsp3) is 0.810. The summed E-state index contributed by atoms with van der Waals surface area (Å²) in [5.74, 6) is 1.40. The van der Waals surface area contributed by atoms with E-state index in [0.29, 0.717) is 11.6 Å². The van der Waals surface area contributed by atoms with E-state index in [2.05, 4.69) is 5.10 Å². The predicted molar refractivity (Wildman–Crippen MR) is 103 cm³/mol. The Bertz CT molecular complexity index is 630. The second-order valence-electron chi connectivity index (χ2n) is 8.58. The van der Waals surface area contributed by atoms with Crippen LogP contribution in [0.5, 0.6) is 0 Å². The number of rotatable bonds is 6. The third-order valence-electron chi connectivity index (χ3n) is 6.87. The first-order chi connectivity index (χ1) is 13.2. The Hall–Kier alpha value is -1.40. The minimum absolute atomic E-state index is 0.0416. The summed E-state index contributed by atoms with van der Waals surface area (Å²) in [5, 5.41) is 4.25. The second kappa shape index (κ2) is 8.31. The molecule has 1 saturated carbocycles. The molecule has 6 heteroatoms. The number of ether oxygens (including phenoxy) is 2. The molecule has 0 bridgehead atoms. The van der Waals surface area contributed by atoms with Crippen molar-refractivity contribution in [3.05, 3.63) is 18.0 Å². The minimum Gasteiger partial charge on any atom is -0.381 e. The number of amides is 1. The number of aryl methyl sites for hydroxylation is 1. The third-order valence-corrected chi connectivity index (χ3v) is 6.87. The molecule has 0 radical (unpaired) electrons. The van der Waals surface area contributed by atoms with Crippen molar-refractivity contribution in [1.82, 2.24) is 14.7 Å². The number of piperidine rings is 1. The van der Waals surface area contributed by atoms with Crippen molar-refractivity contribution >= 4 is 5.91 Å². The first-order valence-electron chi connectivity index (χ1n) is 10.7. The second-order valence-corrected chi connectivity index (χ2v) is 8.58. The molecule has 6 nitrogen and oxygen atoms in total. The molecule has 4 rings (SSSR count). The lowest BCUT2D eigenvalue weighted by atomic mass is 9.78. The van der Waals surface area contributed by atoms with Crippen molar-refractivity contribution in [2.45, 2.75) is 57.0 Å². The maximum Gasteiger partial charge on any atom is 0.274 e. The molecular weight excluding hydrogens is 342 g/mol. The van der Waals surface area contributed by atoms with Gasteiger partial charge in [-0.2, -0.15) is 5.10 Å². The van der Waals surface area contributed by atoms with Crippen LogP contribution in [-0.2, 0) is 16.5 Å². The van der Waals surface area contributed by atoms with Gasteiger partial charge in [0.2, 0.25) is 0 Å². The van der Waals surface area contributed by atoms with Crippen LogP contribution in [0.15, 0.2) is 12.3 Å². The lowest BCUT2D eigenvalue weighted by Crippen LogP contribution is -2.49. The molecular formula is C21H33N3O3. The van der Waals surface area contributed by atoms with E-state index < -0.39 is 0 Å². The van der Waals surface area contributed by atoms with Crippen molar-refractivity contribution in [2.24, 2.45) is 18.9 Å². The zero-order valence-electron chi connectivity index (χ0n) is 16.6. The number of hydrogen-bond donors (Lipinski definition) is 0. The van der Waals surface area contributed by atoms with Crippen LogP contribution in [0.4, 0.5) is 0 Å². The summed E-state index contributed by atoms with van der Waals surface area (Å²) in [6.45, 7) is 4.15. The predicted octanol–water partition coefficient (Wildman–Crippen LogP) is 3.03. The Labute approximate surface area is 162 Å². The summed E-state index contributed by atoms with van der Waals surface area (Å²) < 4.78 is 13.9. The molecule has 1 aliphatic carbocycles. The number of nitrogens with zero attached hydrogens (tertiary/aromatic N) is 3. The van der Waals surface area contributed by atoms with Crippen LogP contribution >= 0.6 is 0 Å². The minimum atomic E-state index is -0.0440. The first kappa shape index (κ1) is 18.9. The van der Waals surface area contributed by atoms with Gasteiger partial charge in [-0.3, -0.25) is 9.48 Å². The molecule has 1 aromatic rings. The average Bonchev–Trinajstić information content (AvgIpc) is 3.42. The Morgan fingerprint density at radius 3 is 2.78 bits per heavy atom. The van der Waals surface area contributed by atoms with Gasteiger partial charge in [-0.25, -0.2) is 0 Å². The summed E-state index contributed by atoms with van der Waals surface area (Å²) in [6.07, 6.45) is 11.3. The molecule has 1 aromatic heterocycles. The summed E-state index contributed by atoms with van der Waals surface area (Å²) in [4.78, 5) is 14.6. The van der Waals surface area contributed by atoms with Crippen molar-refractivity contribution < 1.29 is 14.3 Å². The van der Waals surface area contributed by atoms with Crippen molar-refractivity contribution in [1.29, 1.82) is 0 Å². The molecule has 27 heavy (non-hydrogen) atoms. The van der Waals surface area contributed by atoms with Gasteiger partial charge in [-0.15, -0.1) is 0 Å². The SMILES string of the molecule is Cn1ccc(C(=O)N2CCC3(CC2)OCC[C@H]3CCOCC2CCCC2)n1. The van der Waals surface area contributed by atoms with E-state index in [1.807, 2.05) is 18.1 Å². The van der Waals surface area contributed by atoms with Gasteiger partial charge >= 0.3 is 0 Å². The van der Waals surface area contributed by atoms with E-state index >= 15 is 0 Å². The van der Waals surface area contributed by atoms with Gasteiger partial charge in [-0.05, 0) is 56.4 Å². The largest absolute Gasteiger partial charge is 0.381 e. The Kier molecular flexibility index (Phi) is 5.83. The zero-order valence-corrected chi connectivity index (χ0v) is 16.6. The highest BCUT2D eigenvalue weighted by molar-refractivity contribution is 5.92. The van der Waals surface area contributed by atoms with Crippen molar-refractivity contribution in [3.8, 4) is 0 Å². The Balaban J connectivity index is 1.25. The molecule has 3 fully saturated rings. The molecule has 1 amide bonds. The van der Waals surface area contributed by atoms with E-state index in [1.165, 1.54) is 25.7 Å². The number of hydrogen-bond acceptors (Lipinski definition) is 4. The van der Waals surface area contributed by atoms with Gasteiger partial charge in [0.1, 0.15) is 5.69 Å². The average molecular weight is 376 g/mol. The quantitative estimate of drug-likeness (QED) is 0.717. The molecule has 0 aromatic carbocycles. The zero-order chi connectivity index (χ0) is 18.7. The molecule has 2 saturated heterocycles. The number of carbonyl (C=O) groups excluding carboxylic acids is 1. The van der Waals surface area contributed by atoms with Crippen LogP contribution in [0.2, 0.25) is 0 Å². The van der Waals surface area contributed by atoms with E-state index in [-0.39, 0.29) is 11.5 Å². The standard InChI is InChI=1S/C21H33N3O3/c1-23-11-6-19(22-23)20(25)24-12-9-21(10-13-24)18(8-15-27-21)7-14-26-16-17-4-2-3-5-17/h6,11,17-18H,2-5,7-10,12-16H2,1H3/t18-/m1/s1.